The summed E-state index contributed by atoms with van der Waals surface area (Å²) in [5.41, 5.74) is -0.733. The Hall–Kier alpha value is -1.82. The second-order valence-electron chi connectivity index (χ2n) is 6.33. The summed E-state index contributed by atoms with van der Waals surface area (Å²) in [4.78, 5) is 23.2. The van der Waals surface area contributed by atoms with E-state index >= 15 is 0 Å². The summed E-state index contributed by atoms with van der Waals surface area (Å²) in [6.45, 7) is 1.53. The Labute approximate surface area is 136 Å². The number of hydrogen-bond acceptors (Lipinski definition) is 3. The molecule has 0 unspecified atom stereocenters. The van der Waals surface area contributed by atoms with Gasteiger partial charge in [-0.15, -0.1) is 0 Å². The molecular weight excluding hydrogens is 294 g/mol. The van der Waals surface area contributed by atoms with E-state index in [9.17, 15) is 14.7 Å². The zero-order valence-corrected chi connectivity index (χ0v) is 13.6. The van der Waals surface area contributed by atoms with Crippen molar-refractivity contribution in [3.05, 3.63) is 34.7 Å². The maximum Gasteiger partial charge on any atom is 0.314 e. The predicted octanol–water partition coefficient (Wildman–Crippen LogP) is 1.62. The number of carbonyl (C=O) groups excluding carboxylic acids is 1. The quantitative estimate of drug-likeness (QED) is 0.667. The number of nitrogens with zero attached hydrogens (tertiary/aromatic N) is 1. The van der Waals surface area contributed by atoms with Crippen LogP contribution in [0.2, 0.25) is 0 Å². The molecule has 0 atom stereocenters. The molecule has 1 aromatic heterocycles. The number of nitrogens with one attached hydrogen (secondary N) is 2. The minimum Gasteiger partial charge on any atom is -0.388 e. The molecule has 1 fully saturated rings. The van der Waals surface area contributed by atoms with E-state index in [1.54, 1.807) is 22.9 Å². The van der Waals surface area contributed by atoms with Crippen LogP contribution in [0, 0.1) is 0 Å². The molecule has 0 aromatic carbocycles. The summed E-state index contributed by atoms with van der Waals surface area (Å²) in [6, 6.07) is 4.87. The molecule has 6 nitrogen and oxygen atoms in total. The van der Waals surface area contributed by atoms with Crippen molar-refractivity contribution in [3.8, 4) is 0 Å². The fourth-order valence-electron chi connectivity index (χ4n) is 2.95. The number of aliphatic hydroxyl groups is 1. The average Bonchev–Trinajstić information content (AvgIpc) is 2.55. The molecule has 1 aliphatic carbocycles. The van der Waals surface area contributed by atoms with Crippen LogP contribution in [0.15, 0.2) is 29.2 Å². The Kier molecular flexibility index (Phi) is 6.65. The van der Waals surface area contributed by atoms with Crippen molar-refractivity contribution in [1.29, 1.82) is 0 Å². The van der Waals surface area contributed by atoms with E-state index < -0.39 is 5.60 Å². The van der Waals surface area contributed by atoms with Crippen LogP contribution in [-0.4, -0.2) is 34.4 Å². The minimum atomic E-state index is -0.732. The van der Waals surface area contributed by atoms with Gasteiger partial charge in [-0.1, -0.05) is 25.3 Å². The summed E-state index contributed by atoms with van der Waals surface area (Å²) in [5.74, 6) is 0. The lowest BCUT2D eigenvalue weighted by Gasteiger charge is -2.32. The monoisotopic (exact) mass is 321 g/mol. The molecule has 1 heterocycles. The average molecular weight is 321 g/mol. The van der Waals surface area contributed by atoms with Crippen molar-refractivity contribution in [1.82, 2.24) is 15.2 Å². The van der Waals surface area contributed by atoms with Gasteiger partial charge >= 0.3 is 6.03 Å². The van der Waals surface area contributed by atoms with Crippen LogP contribution < -0.4 is 16.2 Å². The largest absolute Gasteiger partial charge is 0.388 e. The highest BCUT2D eigenvalue weighted by atomic mass is 16.3. The van der Waals surface area contributed by atoms with Crippen molar-refractivity contribution >= 4 is 6.03 Å². The molecule has 0 saturated heterocycles. The predicted molar refractivity (Wildman–Crippen MR) is 89.4 cm³/mol. The lowest BCUT2D eigenvalue weighted by molar-refractivity contribution is 0.00720. The first-order valence-electron chi connectivity index (χ1n) is 8.49. The lowest BCUT2D eigenvalue weighted by Crippen LogP contribution is -2.47. The molecule has 1 aromatic rings. The van der Waals surface area contributed by atoms with Gasteiger partial charge in [-0.2, -0.15) is 0 Å². The van der Waals surface area contributed by atoms with Crippen molar-refractivity contribution in [2.45, 2.75) is 57.1 Å². The normalized spacial score (nSPS) is 16.7. The maximum atomic E-state index is 11.7. The van der Waals surface area contributed by atoms with Gasteiger partial charge in [0.1, 0.15) is 0 Å². The molecule has 0 aliphatic heterocycles. The number of aryl methyl sites for hydroxylation is 1. The first kappa shape index (κ1) is 17.5. The summed E-state index contributed by atoms with van der Waals surface area (Å²) < 4.78 is 1.67. The lowest BCUT2D eigenvalue weighted by atomic mass is 9.85. The van der Waals surface area contributed by atoms with Gasteiger partial charge in [-0.25, -0.2) is 4.79 Å². The number of pyridine rings is 1. The molecule has 128 valence electrons. The number of hydrogen-bond donors (Lipinski definition) is 3. The number of unbranched alkanes of at least 4 members (excludes halogenated alkanes) is 1. The molecule has 2 rings (SSSR count). The number of aromatic nitrogens is 1. The number of urea groups is 1. The minimum absolute atomic E-state index is 0.000993. The molecule has 23 heavy (non-hydrogen) atoms. The van der Waals surface area contributed by atoms with Crippen molar-refractivity contribution < 1.29 is 9.90 Å². The fourth-order valence-corrected chi connectivity index (χ4v) is 2.95. The van der Waals surface area contributed by atoms with Gasteiger partial charge in [0.15, 0.2) is 0 Å². The van der Waals surface area contributed by atoms with Crippen molar-refractivity contribution in [2.75, 3.05) is 13.1 Å². The molecule has 2 amide bonds. The van der Waals surface area contributed by atoms with Gasteiger partial charge in [0, 0.05) is 31.9 Å². The third-order valence-corrected chi connectivity index (χ3v) is 4.37. The van der Waals surface area contributed by atoms with Crippen LogP contribution in [0.25, 0.3) is 0 Å². The Balaban J connectivity index is 1.56. The van der Waals surface area contributed by atoms with E-state index in [1.165, 1.54) is 6.42 Å². The van der Waals surface area contributed by atoms with Crippen LogP contribution in [0.5, 0.6) is 0 Å². The van der Waals surface area contributed by atoms with Gasteiger partial charge in [0.2, 0.25) is 5.56 Å². The number of carbonyl (C=O) groups is 1. The Bertz CT molecular complexity index is 550. The Morgan fingerprint density at radius 2 is 1.96 bits per heavy atom. The summed E-state index contributed by atoms with van der Waals surface area (Å²) >= 11 is 0. The van der Waals surface area contributed by atoms with E-state index in [-0.39, 0.29) is 11.6 Å². The first-order chi connectivity index (χ1) is 11.1. The van der Waals surface area contributed by atoms with Crippen LogP contribution >= 0.6 is 0 Å². The van der Waals surface area contributed by atoms with E-state index in [2.05, 4.69) is 10.6 Å². The molecule has 1 saturated carbocycles. The zero-order valence-electron chi connectivity index (χ0n) is 13.6. The fraction of sp³-hybridized carbons (Fsp3) is 0.647. The maximum absolute atomic E-state index is 11.7. The smallest absolute Gasteiger partial charge is 0.314 e. The van der Waals surface area contributed by atoms with Gasteiger partial charge in [0.05, 0.1) is 5.60 Å². The van der Waals surface area contributed by atoms with Crippen molar-refractivity contribution in [3.63, 3.8) is 0 Å². The molecule has 0 radical (unpaired) electrons. The standard InChI is InChI=1S/C17H27N3O3/c21-15-8-2-6-12-20(15)13-7-5-11-18-16(22)19-14-17(23)9-3-1-4-10-17/h2,6,8,12,23H,1,3-5,7,9-11,13-14H2,(H2,18,19,22). The Morgan fingerprint density at radius 1 is 1.17 bits per heavy atom. The first-order valence-corrected chi connectivity index (χ1v) is 8.49. The summed E-state index contributed by atoms with van der Waals surface area (Å²) in [5, 5.41) is 15.9. The van der Waals surface area contributed by atoms with Crippen LogP contribution in [0.3, 0.4) is 0 Å². The zero-order chi connectivity index (χ0) is 16.5. The van der Waals surface area contributed by atoms with E-state index in [0.29, 0.717) is 19.6 Å². The van der Waals surface area contributed by atoms with Gasteiger partial charge in [0.25, 0.3) is 0 Å². The van der Waals surface area contributed by atoms with Gasteiger partial charge < -0.3 is 20.3 Å². The molecule has 3 N–H and O–H groups in total. The van der Waals surface area contributed by atoms with Crippen LogP contribution in [-0.2, 0) is 6.54 Å². The second-order valence-corrected chi connectivity index (χ2v) is 6.33. The number of rotatable bonds is 7. The van der Waals surface area contributed by atoms with Crippen molar-refractivity contribution in [2.24, 2.45) is 0 Å². The van der Waals surface area contributed by atoms with Gasteiger partial charge in [-0.3, -0.25) is 4.79 Å². The molecular formula is C17H27N3O3. The SMILES string of the molecule is O=C(NCCCCn1ccccc1=O)NCC1(O)CCCCC1. The third-order valence-electron chi connectivity index (χ3n) is 4.37. The summed E-state index contributed by atoms with van der Waals surface area (Å²) in [7, 11) is 0. The van der Waals surface area contributed by atoms with E-state index in [4.69, 9.17) is 0 Å². The highest BCUT2D eigenvalue weighted by molar-refractivity contribution is 5.73. The number of amides is 2. The topological polar surface area (TPSA) is 83.4 Å². The second kappa shape index (κ2) is 8.72. The highest BCUT2D eigenvalue weighted by Crippen LogP contribution is 2.27. The molecule has 1 aliphatic rings. The third kappa shape index (κ3) is 6.06. The highest BCUT2D eigenvalue weighted by Gasteiger charge is 2.29. The Morgan fingerprint density at radius 3 is 2.70 bits per heavy atom. The van der Waals surface area contributed by atoms with Crippen LogP contribution in [0.1, 0.15) is 44.9 Å². The molecule has 0 spiro atoms. The molecule has 6 heteroatoms. The summed E-state index contributed by atoms with van der Waals surface area (Å²) in [6.07, 6.45) is 8.15. The van der Waals surface area contributed by atoms with Gasteiger partial charge in [-0.05, 0) is 31.7 Å². The van der Waals surface area contributed by atoms with E-state index in [0.717, 1.165) is 38.5 Å². The molecule has 0 bridgehead atoms. The van der Waals surface area contributed by atoms with E-state index in [1.807, 2.05) is 6.07 Å². The van der Waals surface area contributed by atoms with Crippen LogP contribution in [0.4, 0.5) is 4.79 Å².